The van der Waals surface area contributed by atoms with E-state index in [1.165, 1.54) is 0 Å². The molecule has 0 amide bonds. The molecule has 1 unspecified atom stereocenters. The van der Waals surface area contributed by atoms with Crippen molar-refractivity contribution in [3.05, 3.63) is 52.0 Å². The number of rotatable bonds is 4. The first kappa shape index (κ1) is 15.0. The number of hydrogen-bond donors (Lipinski definition) is 1. The van der Waals surface area contributed by atoms with E-state index in [9.17, 15) is 0 Å². The van der Waals surface area contributed by atoms with Gasteiger partial charge in [-0.1, -0.05) is 29.3 Å². The summed E-state index contributed by atoms with van der Waals surface area (Å²) < 4.78 is 11.2. The van der Waals surface area contributed by atoms with Crippen LogP contribution in [0.25, 0.3) is 0 Å². The van der Waals surface area contributed by atoms with Gasteiger partial charge in [0, 0.05) is 12.1 Å². The van der Waals surface area contributed by atoms with Gasteiger partial charge in [0.05, 0.1) is 22.7 Å². The van der Waals surface area contributed by atoms with Crippen LogP contribution in [0.3, 0.4) is 0 Å². The van der Waals surface area contributed by atoms with Crippen molar-refractivity contribution in [2.45, 2.75) is 13.0 Å². The third-order valence-corrected chi connectivity index (χ3v) is 3.56. The topological polar surface area (TPSA) is 44.5 Å². The number of methoxy groups -OCH3 is 1. The molecule has 3 nitrogen and oxygen atoms in total. The molecule has 106 valence electrons. The first-order valence-corrected chi connectivity index (χ1v) is 6.84. The van der Waals surface area contributed by atoms with Crippen LogP contribution in [0.2, 0.25) is 10.0 Å². The Morgan fingerprint density at radius 1 is 1.05 bits per heavy atom. The van der Waals surface area contributed by atoms with E-state index in [2.05, 4.69) is 0 Å². The summed E-state index contributed by atoms with van der Waals surface area (Å²) in [6.07, 6.45) is 0. The van der Waals surface area contributed by atoms with Gasteiger partial charge < -0.3 is 15.2 Å². The molecule has 0 fully saturated rings. The summed E-state index contributed by atoms with van der Waals surface area (Å²) in [6.45, 7) is 1.87. The third kappa shape index (κ3) is 3.18. The van der Waals surface area contributed by atoms with Crippen LogP contribution < -0.4 is 15.2 Å². The Morgan fingerprint density at radius 2 is 1.75 bits per heavy atom. The molecule has 0 aliphatic rings. The molecular weight excluding hydrogens is 297 g/mol. The Morgan fingerprint density at radius 3 is 2.35 bits per heavy atom. The zero-order valence-electron chi connectivity index (χ0n) is 11.2. The highest BCUT2D eigenvalue weighted by molar-refractivity contribution is 6.42. The first-order valence-electron chi connectivity index (χ1n) is 6.08. The second-order valence-electron chi connectivity index (χ2n) is 4.34. The second-order valence-corrected chi connectivity index (χ2v) is 5.15. The lowest BCUT2D eigenvalue weighted by Gasteiger charge is -2.17. The van der Waals surface area contributed by atoms with Crippen molar-refractivity contribution in [3.8, 4) is 17.2 Å². The predicted molar refractivity (Wildman–Crippen MR) is 82.1 cm³/mol. The molecule has 2 aromatic carbocycles. The Bertz CT molecular complexity index is 615. The molecule has 0 aromatic heterocycles. The molecule has 0 heterocycles. The van der Waals surface area contributed by atoms with E-state index >= 15 is 0 Å². The highest BCUT2D eigenvalue weighted by Crippen LogP contribution is 2.36. The molecule has 0 bridgehead atoms. The van der Waals surface area contributed by atoms with Gasteiger partial charge in [-0.15, -0.1) is 0 Å². The van der Waals surface area contributed by atoms with Gasteiger partial charge in [0.1, 0.15) is 17.2 Å². The standard InChI is InChI=1S/C15H15Cl2NO2/c1-9(18)15-13(19-2)4-3-5-14(15)20-10-6-7-11(16)12(17)8-10/h3-9H,18H2,1-2H3. The average molecular weight is 312 g/mol. The summed E-state index contributed by atoms with van der Waals surface area (Å²) in [5.41, 5.74) is 6.80. The van der Waals surface area contributed by atoms with Crippen LogP contribution in [0.5, 0.6) is 17.2 Å². The normalized spacial score (nSPS) is 12.1. The number of benzene rings is 2. The lowest BCUT2D eigenvalue weighted by molar-refractivity contribution is 0.397. The fourth-order valence-corrected chi connectivity index (χ4v) is 2.20. The molecule has 0 spiro atoms. The zero-order chi connectivity index (χ0) is 14.7. The van der Waals surface area contributed by atoms with E-state index in [-0.39, 0.29) is 6.04 Å². The highest BCUT2D eigenvalue weighted by Gasteiger charge is 2.15. The minimum Gasteiger partial charge on any atom is -0.496 e. The average Bonchev–Trinajstić information content (AvgIpc) is 2.42. The van der Waals surface area contributed by atoms with Crippen LogP contribution in [0.1, 0.15) is 18.5 Å². The maximum Gasteiger partial charge on any atom is 0.135 e. The van der Waals surface area contributed by atoms with E-state index in [0.717, 1.165) is 5.56 Å². The van der Waals surface area contributed by atoms with Crippen LogP contribution in [-0.4, -0.2) is 7.11 Å². The van der Waals surface area contributed by atoms with Crippen molar-refractivity contribution in [1.82, 2.24) is 0 Å². The lowest BCUT2D eigenvalue weighted by Crippen LogP contribution is -2.08. The fraction of sp³-hybridized carbons (Fsp3) is 0.200. The van der Waals surface area contributed by atoms with E-state index in [1.54, 1.807) is 25.3 Å². The molecular formula is C15H15Cl2NO2. The van der Waals surface area contributed by atoms with Gasteiger partial charge in [-0.05, 0) is 31.2 Å². The smallest absolute Gasteiger partial charge is 0.135 e. The summed E-state index contributed by atoms with van der Waals surface area (Å²) in [5.74, 6) is 1.92. The summed E-state index contributed by atoms with van der Waals surface area (Å²) >= 11 is 11.9. The molecule has 1 atom stereocenters. The van der Waals surface area contributed by atoms with Gasteiger partial charge in [0.25, 0.3) is 0 Å². The van der Waals surface area contributed by atoms with Crippen LogP contribution in [0.4, 0.5) is 0 Å². The van der Waals surface area contributed by atoms with Crippen LogP contribution in [-0.2, 0) is 0 Å². The monoisotopic (exact) mass is 311 g/mol. The molecule has 0 radical (unpaired) electrons. The molecule has 2 rings (SSSR count). The van der Waals surface area contributed by atoms with Gasteiger partial charge in [0.2, 0.25) is 0 Å². The summed E-state index contributed by atoms with van der Waals surface area (Å²) in [4.78, 5) is 0. The number of nitrogens with two attached hydrogens (primary N) is 1. The molecule has 5 heteroatoms. The van der Waals surface area contributed by atoms with Crippen molar-refractivity contribution >= 4 is 23.2 Å². The minimum atomic E-state index is -0.219. The Kier molecular flexibility index (Phi) is 4.76. The Balaban J connectivity index is 2.40. The minimum absolute atomic E-state index is 0.219. The molecule has 0 aliphatic heterocycles. The van der Waals surface area contributed by atoms with Gasteiger partial charge in [-0.25, -0.2) is 0 Å². The van der Waals surface area contributed by atoms with Crippen molar-refractivity contribution in [2.24, 2.45) is 5.73 Å². The van der Waals surface area contributed by atoms with Gasteiger partial charge in [0.15, 0.2) is 0 Å². The number of halogens is 2. The SMILES string of the molecule is COc1cccc(Oc2ccc(Cl)c(Cl)c2)c1C(C)N. The van der Waals surface area contributed by atoms with E-state index in [0.29, 0.717) is 27.3 Å². The summed E-state index contributed by atoms with van der Waals surface area (Å²) in [7, 11) is 1.60. The Hall–Kier alpha value is -1.42. The zero-order valence-corrected chi connectivity index (χ0v) is 12.7. The van der Waals surface area contributed by atoms with E-state index in [1.807, 2.05) is 25.1 Å². The fourth-order valence-electron chi connectivity index (χ4n) is 1.91. The van der Waals surface area contributed by atoms with Crippen LogP contribution >= 0.6 is 23.2 Å². The predicted octanol–water partition coefficient (Wildman–Crippen LogP) is 4.81. The second kappa shape index (κ2) is 6.35. The van der Waals surface area contributed by atoms with E-state index in [4.69, 9.17) is 38.4 Å². The maximum absolute atomic E-state index is 5.99. The molecule has 0 saturated heterocycles. The van der Waals surface area contributed by atoms with E-state index < -0.39 is 0 Å². The summed E-state index contributed by atoms with van der Waals surface area (Å²) in [6, 6.07) is 10.4. The van der Waals surface area contributed by atoms with Crippen molar-refractivity contribution in [3.63, 3.8) is 0 Å². The quantitative estimate of drug-likeness (QED) is 0.880. The van der Waals surface area contributed by atoms with Crippen molar-refractivity contribution in [2.75, 3.05) is 7.11 Å². The summed E-state index contributed by atoms with van der Waals surface area (Å²) in [5, 5.41) is 0.923. The Labute approximate surface area is 128 Å². The lowest BCUT2D eigenvalue weighted by atomic mass is 10.1. The van der Waals surface area contributed by atoms with Crippen LogP contribution in [0, 0.1) is 0 Å². The largest absolute Gasteiger partial charge is 0.496 e. The number of hydrogen-bond acceptors (Lipinski definition) is 3. The first-order chi connectivity index (χ1) is 9.52. The highest BCUT2D eigenvalue weighted by atomic mass is 35.5. The molecule has 0 aliphatic carbocycles. The van der Waals surface area contributed by atoms with Crippen molar-refractivity contribution < 1.29 is 9.47 Å². The third-order valence-electron chi connectivity index (χ3n) is 2.82. The molecule has 20 heavy (non-hydrogen) atoms. The van der Waals surface area contributed by atoms with Gasteiger partial charge in [-0.3, -0.25) is 0 Å². The molecule has 0 saturated carbocycles. The van der Waals surface area contributed by atoms with Gasteiger partial charge >= 0.3 is 0 Å². The maximum atomic E-state index is 5.99. The van der Waals surface area contributed by atoms with Crippen LogP contribution in [0.15, 0.2) is 36.4 Å². The number of ether oxygens (including phenoxy) is 2. The van der Waals surface area contributed by atoms with Crippen molar-refractivity contribution in [1.29, 1.82) is 0 Å². The molecule has 2 aromatic rings. The van der Waals surface area contributed by atoms with Gasteiger partial charge in [-0.2, -0.15) is 0 Å². The molecule has 2 N–H and O–H groups in total.